The lowest BCUT2D eigenvalue weighted by molar-refractivity contribution is -0.140. The van der Waals surface area contributed by atoms with E-state index in [1.54, 1.807) is 5.32 Å². The third kappa shape index (κ3) is 3.52. The Balaban J connectivity index is 4.96. The summed E-state index contributed by atoms with van der Waals surface area (Å²) in [6.07, 6.45) is 0. The first-order valence-electron chi connectivity index (χ1n) is 4.13. The van der Waals surface area contributed by atoms with Gasteiger partial charge in [0.2, 0.25) is 5.91 Å². The van der Waals surface area contributed by atoms with Crippen LogP contribution < -0.4 is 5.32 Å². The van der Waals surface area contributed by atoms with Crippen LogP contribution in [0.4, 0.5) is 0 Å². The molecule has 0 aliphatic carbocycles. The Hall–Kier alpha value is -1.06. The first-order valence-corrected chi connectivity index (χ1v) is 2.13. The molecular formula is C5H9NO3. The highest BCUT2D eigenvalue weighted by Crippen LogP contribution is 1.78. The Labute approximate surface area is 58.5 Å². The molecule has 0 radical (unpaired) electrons. The zero-order chi connectivity index (χ0) is 10.9. The molecule has 0 unspecified atom stereocenters. The molecule has 4 nitrogen and oxygen atoms in total. The molecule has 9 heavy (non-hydrogen) atoms. The summed E-state index contributed by atoms with van der Waals surface area (Å²) in [7, 11) is 0. The van der Waals surface area contributed by atoms with Crippen LogP contribution in [0, 0.1) is 0 Å². The van der Waals surface area contributed by atoms with Gasteiger partial charge in [-0.3, -0.25) is 9.59 Å². The number of nitrogens with one attached hydrogen (secondary N) is 1. The van der Waals surface area contributed by atoms with Gasteiger partial charge in [0.15, 0.2) is 0 Å². The van der Waals surface area contributed by atoms with Gasteiger partial charge >= 0.3 is 5.97 Å². The van der Waals surface area contributed by atoms with Crippen LogP contribution in [0.15, 0.2) is 0 Å². The number of carboxylic acids is 1. The number of carbonyl (C=O) groups is 2. The summed E-state index contributed by atoms with van der Waals surface area (Å²) in [4.78, 5) is 20.9. The number of hydrogen-bond acceptors (Lipinski definition) is 2. The minimum Gasteiger partial charge on any atom is -0.480 e. The molecule has 0 saturated carbocycles. The lowest BCUT2D eigenvalue weighted by atomic mass is 10.3. The van der Waals surface area contributed by atoms with Gasteiger partial charge in [-0.15, -0.1) is 0 Å². The van der Waals surface area contributed by atoms with E-state index in [0.717, 1.165) is 6.92 Å². The summed E-state index contributed by atoms with van der Waals surface area (Å²) in [6.45, 7) is -2.16. The predicted octanol–water partition coefficient (Wildman–Crippen LogP) is -0.404. The largest absolute Gasteiger partial charge is 0.480 e. The van der Waals surface area contributed by atoms with Crippen LogP contribution in [-0.2, 0) is 9.59 Å². The van der Waals surface area contributed by atoms with Gasteiger partial charge in [-0.2, -0.15) is 0 Å². The van der Waals surface area contributed by atoms with Crippen LogP contribution in [0.2, 0.25) is 0 Å². The molecule has 0 heterocycles. The van der Waals surface area contributed by atoms with Crippen LogP contribution in [0.1, 0.15) is 19.3 Å². The number of hydrogen-bond donors (Lipinski definition) is 2. The molecule has 4 heteroatoms. The van der Waals surface area contributed by atoms with Crippen LogP contribution in [-0.4, -0.2) is 23.0 Å². The third-order valence-electron chi connectivity index (χ3n) is 0.515. The first kappa shape index (κ1) is 3.20. The van der Waals surface area contributed by atoms with Crippen molar-refractivity contribution in [2.45, 2.75) is 19.8 Å². The fourth-order valence-corrected chi connectivity index (χ4v) is 0.229. The van der Waals surface area contributed by atoms with E-state index in [1.165, 1.54) is 0 Å². The van der Waals surface area contributed by atoms with Crippen molar-refractivity contribution in [2.24, 2.45) is 0 Å². The zero-order valence-electron chi connectivity index (χ0n) is 8.76. The quantitative estimate of drug-likeness (QED) is 0.541. The molecule has 0 rings (SSSR count). The molecule has 1 amide bonds. The smallest absolute Gasteiger partial charge is 0.325 e. The van der Waals surface area contributed by atoms with Crippen LogP contribution in [0.25, 0.3) is 0 Å². The van der Waals surface area contributed by atoms with Gasteiger partial charge in [-0.25, -0.2) is 0 Å². The van der Waals surface area contributed by atoms with Gasteiger partial charge in [0.25, 0.3) is 0 Å². The molecule has 0 spiro atoms. The molecule has 2 N–H and O–H groups in total. The second kappa shape index (κ2) is 3.06. The molecular weight excluding hydrogens is 122 g/mol. The zero-order valence-corrected chi connectivity index (χ0v) is 4.76. The van der Waals surface area contributed by atoms with Gasteiger partial charge in [-0.05, 0) is 6.85 Å². The van der Waals surface area contributed by atoms with Crippen molar-refractivity contribution in [2.75, 3.05) is 0 Å². The monoisotopic (exact) mass is 135 g/mol. The van der Waals surface area contributed by atoms with E-state index in [2.05, 4.69) is 0 Å². The third-order valence-corrected chi connectivity index (χ3v) is 0.515. The van der Waals surface area contributed by atoms with Crippen molar-refractivity contribution in [3.8, 4) is 0 Å². The molecule has 0 aromatic rings. The number of rotatable bonds is 2. The lowest BCUT2D eigenvalue weighted by Crippen LogP contribution is -2.36. The van der Waals surface area contributed by atoms with E-state index in [9.17, 15) is 9.59 Å². The van der Waals surface area contributed by atoms with Crippen LogP contribution in [0.3, 0.4) is 0 Å². The van der Waals surface area contributed by atoms with Crippen molar-refractivity contribution >= 4 is 11.9 Å². The molecule has 0 fully saturated rings. The summed E-state index contributed by atoms with van der Waals surface area (Å²) < 4.78 is 27.3. The Morgan fingerprint density at radius 2 is 2.44 bits per heavy atom. The predicted molar refractivity (Wildman–Crippen MR) is 30.9 cm³/mol. The summed E-state index contributed by atoms with van der Waals surface area (Å²) >= 11 is 0. The Morgan fingerprint density at radius 3 is 2.56 bits per heavy atom. The Bertz CT molecular complexity index is 238. The SMILES string of the molecule is [2H]C([2H])([2H])[C@@]([2H])(NC(C)=O)C(=O)O. The molecule has 0 aliphatic rings. The maximum atomic E-state index is 10.5. The second-order valence-electron chi connectivity index (χ2n) is 1.36. The molecule has 52 valence electrons. The summed E-state index contributed by atoms with van der Waals surface area (Å²) in [6, 6.07) is -2.97. The average Bonchev–Trinajstić information content (AvgIpc) is 1.82. The van der Waals surface area contributed by atoms with E-state index in [4.69, 9.17) is 10.6 Å². The standard InChI is InChI=1S/C5H9NO3/c1-3(5(8)9)6-4(2)7/h3H,1-2H3,(H,6,7)(H,8,9)/t3-/m1/s1/i1D3,3D. The van der Waals surface area contributed by atoms with Crippen molar-refractivity contribution in [3.05, 3.63) is 0 Å². The normalized spacial score (nSPS) is 23.7. The van der Waals surface area contributed by atoms with Crippen molar-refractivity contribution in [1.29, 1.82) is 0 Å². The van der Waals surface area contributed by atoms with Crippen LogP contribution >= 0.6 is 0 Å². The first-order chi connectivity index (χ1) is 5.61. The molecule has 1 atom stereocenters. The highest BCUT2D eigenvalue weighted by molar-refractivity contribution is 5.81. The number of aliphatic carboxylic acids is 1. The van der Waals surface area contributed by atoms with E-state index in [-0.39, 0.29) is 0 Å². The summed E-state index contributed by atoms with van der Waals surface area (Å²) in [5.41, 5.74) is 0. The highest BCUT2D eigenvalue weighted by atomic mass is 16.4. The number of carbonyl (C=O) groups excluding carboxylic acids is 1. The molecule has 0 aromatic heterocycles. The van der Waals surface area contributed by atoms with Crippen molar-refractivity contribution in [1.82, 2.24) is 5.32 Å². The van der Waals surface area contributed by atoms with E-state index >= 15 is 0 Å². The Morgan fingerprint density at radius 1 is 1.89 bits per heavy atom. The van der Waals surface area contributed by atoms with Gasteiger partial charge in [0.05, 0.1) is 1.37 Å². The van der Waals surface area contributed by atoms with Gasteiger partial charge in [0.1, 0.15) is 6.02 Å². The summed E-state index contributed by atoms with van der Waals surface area (Å²) in [5, 5.41) is 10.0. The molecule has 0 aliphatic heterocycles. The highest BCUT2D eigenvalue weighted by Gasteiger charge is 2.09. The van der Waals surface area contributed by atoms with E-state index in [1.807, 2.05) is 0 Å². The minimum absolute atomic E-state index is 0.881. The molecule has 0 bridgehead atoms. The number of amides is 1. The summed E-state index contributed by atoms with van der Waals surface area (Å²) in [5.74, 6) is -2.80. The van der Waals surface area contributed by atoms with Crippen LogP contribution in [0.5, 0.6) is 0 Å². The maximum Gasteiger partial charge on any atom is 0.325 e. The van der Waals surface area contributed by atoms with Gasteiger partial charge in [-0.1, -0.05) is 0 Å². The van der Waals surface area contributed by atoms with Crippen molar-refractivity contribution in [3.63, 3.8) is 0 Å². The number of carboxylic acid groups (broad SMARTS) is 1. The average molecular weight is 135 g/mol. The van der Waals surface area contributed by atoms with Crippen molar-refractivity contribution < 1.29 is 20.2 Å². The second-order valence-corrected chi connectivity index (χ2v) is 1.36. The van der Waals surface area contributed by atoms with Gasteiger partial charge < -0.3 is 10.4 Å². The Kier molecular flexibility index (Phi) is 1.09. The lowest BCUT2D eigenvalue weighted by Gasteiger charge is -2.04. The fourth-order valence-electron chi connectivity index (χ4n) is 0.229. The maximum absolute atomic E-state index is 10.5. The van der Waals surface area contributed by atoms with E-state index in [0.29, 0.717) is 0 Å². The molecule has 0 saturated heterocycles. The minimum atomic E-state index is -3.11. The fraction of sp³-hybridized carbons (Fsp3) is 0.600. The van der Waals surface area contributed by atoms with E-state index < -0.39 is 24.7 Å². The topological polar surface area (TPSA) is 66.4 Å². The molecule has 0 aromatic carbocycles. The van der Waals surface area contributed by atoms with Gasteiger partial charge in [0, 0.05) is 11.0 Å².